The summed E-state index contributed by atoms with van der Waals surface area (Å²) >= 11 is 0. The van der Waals surface area contributed by atoms with Crippen LogP contribution in [0.4, 0.5) is 11.5 Å². The number of H-pyrrole nitrogens is 1. The van der Waals surface area contributed by atoms with Gasteiger partial charge in [-0.25, -0.2) is 4.79 Å². The molecular formula is C12H21N5O4. The van der Waals surface area contributed by atoms with E-state index in [0.29, 0.717) is 0 Å². The van der Waals surface area contributed by atoms with E-state index in [9.17, 15) is 14.4 Å². The molecule has 1 heterocycles. The molecule has 9 heteroatoms. The van der Waals surface area contributed by atoms with Gasteiger partial charge in [0, 0.05) is 7.11 Å². The zero-order valence-electron chi connectivity index (χ0n) is 12.3. The maximum Gasteiger partial charge on any atom is 0.330 e. The average molecular weight is 299 g/mol. The van der Waals surface area contributed by atoms with Crippen LogP contribution in [0.3, 0.4) is 0 Å². The third-order valence-electron chi connectivity index (χ3n) is 3.03. The summed E-state index contributed by atoms with van der Waals surface area (Å²) in [7, 11) is 1.48. The Morgan fingerprint density at radius 3 is 2.52 bits per heavy atom. The van der Waals surface area contributed by atoms with Crippen molar-refractivity contribution in [3.8, 4) is 0 Å². The highest BCUT2D eigenvalue weighted by Crippen LogP contribution is 2.14. The number of amides is 1. The van der Waals surface area contributed by atoms with Gasteiger partial charge in [-0.15, -0.1) is 0 Å². The minimum atomic E-state index is -0.776. The fourth-order valence-electron chi connectivity index (χ4n) is 1.85. The molecule has 0 aromatic carbocycles. The van der Waals surface area contributed by atoms with Crippen LogP contribution in [0.15, 0.2) is 9.59 Å². The van der Waals surface area contributed by atoms with E-state index in [1.165, 1.54) is 7.11 Å². The molecule has 1 amide bonds. The minimum absolute atomic E-state index is 0.0526. The number of nitrogens with one attached hydrogen (secondary N) is 2. The van der Waals surface area contributed by atoms with Crippen LogP contribution in [-0.4, -0.2) is 35.2 Å². The fraction of sp³-hybridized carbons (Fsp3) is 0.583. The van der Waals surface area contributed by atoms with Crippen molar-refractivity contribution in [2.24, 2.45) is 11.7 Å². The number of carbonyl (C=O) groups is 1. The van der Waals surface area contributed by atoms with E-state index in [1.807, 2.05) is 0 Å². The minimum Gasteiger partial charge on any atom is -0.383 e. The lowest BCUT2D eigenvalue weighted by molar-refractivity contribution is -0.119. The average Bonchev–Trinajstić information content (AvgIpc) is 2.37. The number of nitrogens with two attached hydrogens (primary N) is 2. The number of nitrogen functional groups attached to an aromatic ring is 1. The number of aromatic amines is 1. The highest BCUT2D eigenvalue weighted by molar-refractivity contribution is 5.84. The standard InChI is InChI=1S/C12H21N5O4/c1-6(2)7(10(14)18)15-8-9(13)17(4-5-21-3)12(20)16-11(8)19/h6-7,15H,4-5,13H2,1-3H3,(H2,14,18)(H,16,19,20). The predicted octanol–water partition coefficient (Wildman–Crippen LogP) is -1.31. The second-order valence-electron chi connectivity index (χ2n) is 4.93. The second-order valence-corrected chi connectivity index (χ2v) is 4.93. The van der Waals surface area contributed by atoms with Gasteiger partial charge in [0.2, 0.25) is 5.91 Å². The zero-order valence-corrected chi connectivity index (χ0v) is 12.3. The van der Waals surface area contributed by atoms with E-state index >= 15 is 0 Å². The zero-order chi connectivity index (χ0) is 16.2. The Morgan fingerprint density at radius 2 is 2.05 bits per heavy atom. The van der Waals surface area contributed by atoms with Gasteiger partial charge in [0.15, 0.2) is 0 Å². The molecule has 1 aromatic rings. The molecular weight excluding hydrogens is 278 g/mol. The Balaban J connectivity index is 3.26. The summed E-state index contributed by atoms with van der Waals surface area (Å²) in [6.07, 6.45) is 0. The molecule has 0 bridgehead atoms. The molecule has 0 radical (unpaired) electrons. The maximum atomic E-state index is 11.9. The smallest absolute Gasteiger partial charge is 0.330 e. The quantitative estimate of drug-likeness (QED) is 0.491. The lowest BCUT2D eigenvalue weighted by atomic mass is 10.0. The van der Waals surface area contributed by atoms with Gasteiger partial charge in [-0.3, -0.25) is 19.1 Å². The number of nitrogens with zero attached hydrogens (tertiary/aromatic N) is 1. The van der Waals surface area contributed by atoms with Gasteiger partial charge in [-0.05, 0) is 5.92 Å². The van der Waals surface area contributed by atoms with Gasteiger partial charge in [-0.1, -0.05) is 13.8 Å². The number of methoxy groups -OCH3 is 1. The van der Waals surface area contributed by atoms with Crippen LogP contribution in [0.1, 0.15) is 13.8 Å². The molecule has 0 fully saturated rings. The van der Waals surface area contributed by atoms with E-state index in [1.54, 1.807) is 13.8 Å². The topological polar surface area (TPSA) is 145 Å². The SMILES string of the molecule is COCCn1c(N)c(NC(C(N)=O)C(C)C)c(=O)[nH]c1=O. The van der Waals surface area contributed by atoms with Crippen LogP contribution < -0.4 is 28.0 Å². The first kappa shape index (κ1) is 16.8. The van der Waals surface area contributed by atoms with Crippen LogP contribution in [0.5, 0.6) is 0 Å². The van der Waals surface area contributed by atoms with Crippen LogP contribution >= 0.6 is 0 Å². The highest BCUT2D eigenvalue weighted by atomic mass is 16.5. The van der Waals surface area contributed by atoms with Crippen molar-refractivity contribution >= 4 is 17.4 Å². The summed E-state index contributed by atoms with van der Waals surface area (Å²) in [5.41, 5.74) is 9.75. The number of carbonyl (C=O) groups excluding carboxylic acids is 1. The van der Waals surface area contributed by atoms with Crippen LogP contribution in [0, 0.1) is 5.92 Å². The van der Waals surface area contributed by atoms with Gasteiger partial charge in [0.05, 0.1) is 13.2 Å². The van der Waals surface area contributed by atoms with Crippen molar-refractivity contribution in [1.82, 2.24) is 9.55 Å². The number of anilines is 2. The Morgan fingerprint density at radius 1 is 1.43 bits per heavy atom. The summed E-state index contributed by atoms with van der Waals surface area (Å²) < 4.78 is 6.04. The fourth-order valence-corrected chi connectivity index (χ4v) is 1.85. The normalized spacial score (nSPS) is 12.4. The van der Waals surface area contributed by atoms with E-state index in [-0.39, 0.29) is 30.6 Å². The summed E-state index contributed by atoms with van der Waals surface area (Å²) in [5.74, 6) is -0.827. The van der Waals surface area contributed by atoms with Crippen LogP contribution in [0.2, 0.25) is 0 Å². The number of ether oxygens (including phenoxy) is 1. The van der Waals surface area contributed by atoms with Crippen molar-refractivity contribution in [2.45, 2.75) is 26.4 Å². The molecule has 1 rings (SSSR count). The Labute approximate surface area is 121 Å². The molecule has 9 nitrogen and oxygen atoms in total. The Hall–Kier alpha value is -2.29. The largest absolute Gasteiger partial charge is 0.383 e. The summed E-state index contributed by atoms with van der Waals surface area (Å²) in [6, 6.07) is -0.776. The van der Waals surface area contributed by atoms with Crippen LogP contribution in [-0.2, 0) is 16.1 Å². The molecule has 0 aliphatic carbocycles. The van der Waals surface area contributed by atoms with Gasteiger partial charge in [0.25, 0.3) is 5.56 Å². The van der Waals surface area contributed by atoms with Crippen molar-refractivity contribution in [2.75, 3.05) is 24.8 Å². The molecule has 1 aromatic heterocycles. The molecule has 1 unspecified atom stereocenters. The number of hydrogen-bond donors (Lipinski definition) is 4. The summed E-state index contributed by atoms with van der Waals surface area (Å²) in [6.45, 7) is 3.97. The van der Waals surface area contributed by atoms with E-state index in [0.717, 1.165) is 4.57 Å². The molecule has 6 N–H and O–H groups in total. The molecule has 0 saturated heterocycles. The first-order valence-corrected chi connectivity index (χ1v) is 6.47. The third kappa shape index (κ3) is 3.85. The first-order valence-electron chi connectivity index (χ1n) is 6.47. The van der Waals surface area contributed by atoms with Crippen molar-refractivity contribution in [1.29, 1.82) is 0 Å². The van der Waals surface area contributed by atoms with E-state index in [4.69, 9.17) is 16.2 Å². The van der Waals surface area contributed by atoms with Gasteiger partial charge < -0.3 is 21.5 Å². The van der Waals surface area contributed by atoms with Gasteiger partial charge in [-0.2, -0.15) is 0 Å². The summed E-state index contributed by atoms with van der Waals surface area (Å²) in [4.78, 5) is 37.1. The Bertz CT molecular complexity index is 619. The highest BCUT2D eigenvalue weighted by Gasteiger charge is 2.23. The molecule has 0 aliphatic rings. The monoisotopic (exact) mass is 299 g/mol. The van der Waals surface area contributed by atoms with Crippen molar-refractivity contribution in [3.05, 3.63) is 20.8 Å². The summed E-state index contributed by atoms with van der Waals surface area (Å²) in [5, 5.41) is 2.71. The maximum absolute atomic E-state index is 11.9. The molecule has 1 atom stereocenters. The molecule has 118 valence electrons. The lowest BCUT2D eigenvalue weighted by Crippen LogP contribution is -2.43. The number of hydrogen-bond acceptors (Lipinski definition) is 6. The van der Waals surface area contributed by atoms with E-state index < -0.39 is 23.2 Å². The first-order chi connectivity index (χ1) is 9.79. The van der Waals surface area contributed by atoms with Crippen LogP contribution in [0.25, 0.3) is 0 Å². The number of rotatable bonds is 7. The molecule has 0 saturated carbocycles. The van der Waals surface area contributed by atoms with Crippen molar-refractivity contribution in [3.63, 3.8) is 0 Å². The van der Waals surface area contributed by atoms with Crippen molar-refractivity contribution < 1.29 is 9.53 Å². The van der Waals surface area contributed by atoms with E-state index in [2.05, 4.69) is 10.3 Å². The molecule has 0 spiro atoms. The molecule has 0 aliphatic heterocycles. The Kier molecular flexibility index (Phi) is 5.53. The van der Waals surface area contributed by atoms with Gasteiger partial charge in [0.1, 0.15) is 17.5 Å². The second kappa shape index (κ2) is 6.93. The van der Waals surface area contributed by atoms with Gasteiger partial charge >= 0.3 is 5.69 Å². The predicted molar refractivity (Wildman–Crippen MR) is 79.1 cm³/mol. The number of aromatic nitrogens is 2. The third-order valence-corrected chi connectivity index (χ3v) is 3.03. The lowest BCUT2D eigenvalue weighted by Gasteiger charge is -2.21. The number of primary amides is 1. The molecule has 21 heavy (non-hydrogen) atoms.